The summed E-state index contributed by atoms with van der Waals surface area (Å²) in [6.07, 6.45) is 0.919. The molecule has 0 saturated carbocycles. The third-order valence-electron chi connectivity index (χ3n) is 5.59. The molecule has 1 aromatic carbocycles. The van der Waals surface area contributed by atoms with E-state index in [2.05, 4.69) is 22.2 Å². The normalized spacial score (nSPS) is 14.7. The minimum atomic E-state index is -0.516. The van der Waals surface area contributed by atoms with E-state index in [-0.39, 0.29) is 12.0 Å². The number of rotatable bonds is 7. The second-order valence-corrected chi connectivity index (χ2v) is 10.6. The average molecular weight is 515 g/mol. The third-order valence-corrected chi connectivity index (χ3v) is 7.52. The highest BCUT2D eigenvalue weighted by Gasteiger charge is 2.24. The van der Waals surface area contributed by atoms with E-state index in [0.717, 1.165) is 42.3 Å². The largest absolute Gasteiger partial charge is 0.489 e. The average Bonchev–Trinajstić information content (AvgIpc) is 3.35. The van der Waals surface area contributed by atoms with Crippen LogP contribution in [-0.4, -0.2) is 70.9 Å². The fraction of sp³-hybridized carbons (Fsp3) is 0.417. The summed E-state index contributed by atoms with van der Waals surface area (Å²) in [5, 5.41) is 6.31. The van der Waals surface area contributed by atoms with Gasteiger partial charge in [-0.3, -0.25) is 9.59 Å². The predicted molar refractivity (Wildman–Crippen MR) is 140 cm³/mol. The van der Waals surface area contributed by atoms with Gasteiger partial charge in [-0.15, -0.1) is 22.7 Å². The van der Waals surface area contributed by atoms with Gasteiger partial charge in [-0.1, -0.05) is 0 Å². The Hall–Kier alpha value is -3.02. The number of nitrogens with zero attached hydrogens (tertiary/aromatic N) is 4. The lowest BCUT2D eigenvalue weighted by Gasteiger charge is -2.19. The number of likely N-dealkylation sites (N-methyl/N-ethyl adjacent to an activating group) is 1. The minimum absolute atomic E-state index is 0.0213. The number of carbonyl (C=O) groups is 2. The van der Waals surface area contributed by atoms with Crippen molar-refractivity contribution in [3.63, 3.8) is 0 Å². The number of thiazole rings is 2. The first-order chi connectivity index (χ1) is 16.7. The summed E-state index contributed by atoms with van der Waals surface area (Å²) in [4.78, 5) is 39.1. The van der Waals surface area contributed by atoms with E-state index in [1.807, 2.05) is 31.1 Å². The molecule has 1 aliphatic heterocycles. The van der Waals surface area contributed by atoms with Crippen LogP contribution in [-0.2, 0) is 0 Å². The third kappa shape index (κ3) is 5.98. The Labute approximate surface area is 212 Å². The molecule has 2 aromatic heterocycles. The zero-order valence-corrected chi connectivity index (χ0v) is 22.0. The molecular weight excluding hydrogens is 484 g/mol. The lowest BCUT2D eigenvalue weighted by Crippen LogP contribution is -2.34. The van der Waals surface area contributed by atoms with Gasteiger partial charge in [0, 0.05) is 30.6 Å². The van der Waals surface area contributed by atoms with Gasteiger partial charge in [0.05, 0.1) is 28.1 Å². The second-order valence-electron chi connectivity index (χ2n) is 8.79. The van der Waals surface area contributed by atoms with Crippen molar-refractivity contribution >= 4 is 45.3 Å². The van der Waals surface area contributed by atoms with Gasteiger partial charge in [-0.25, -0.2) is 9.97 Å². The van der Waals surface area contributed by atoms with E-state index in [9.17, 15) is 9.59 Å². The molecule has 0 atom stereocenters. The Kier molecular flexibility index (Phi) is 7.68. The molecule has 1 fully saturated rings. The van der Waals surface area contributed by atoms with Gasteiger partial charge in [0.2, 0.25) is 5.91 Å². The van der Waals surface area contributed by atoms with Crippen molar-refractivity contribution in [3.8, 4) is 16.3 Å². The van der Waals surface area contributed by atoms with Crippen LogP contribution in [0, 0.1) is 6.92 Å². The summed E-state index contributed by atoms with van der Waals surface area (Å²) in [6, 6.07) is 5.03. The van der Waals surface area contributed by atoms with Gasteiger partial charge in [0.15, 0.2) is 10.1 Å². The number of hydrogen-bond acceptors (Lipinski definition) is 9. The highest BCUT2D eigenvalue weighted by Crippen LogP contribution is 2.36. The standard InChI is InChI=1S/C24H30N6O3S2/c1-14(2)33-19-7-6-16(21(25)31)12-17(19)27-24-28-18(13-34-24)20-15(3)26-22(35-20)23(32)30-9-5-8-29(4)10-11-30/h6-7,12-14H,5,8-11H2,1-4H3,(H2,25,31)(H,27,28). The van der Waals surface area contributed by atoms with Crippen LogP contribution in [0.4, 0.5) is 10.8 Å². The Morgan fingerprint density at radius 2 is 1.97 bits per heavy atom. The van der Waals surface area contributed by atoms with Crippen LogP contribution < -0.4 is 15.8 Å². The smallest absolute Gasteiger partial charge is 0.282 e. The van der Waals surface area contributed by atoms with Gasteiger partial charge in [-0.05, 0) is 59.0 Å². The molecule has 3 heterocycles. The van der Waals surface area contributed by atoms with Crippen LogP contribution in [0.25, 0.3) is 10.6 Å². The Morgan fingerprint density at radius 1 is 1.17 bits per heavy atom. The molecule has 0 spiro atoms. The summed E-state index contributed by atoms with van der Waals surface area (Å²) in [7, 11) is 2.08. The number of nitrogens with two attached hydrogens (primary N) is 1. The maximum atomic E-state index is 13.1. The van der Waals surface area contributed by atoms with Gasteiger partial charge in [0.1, 0.15) is 5.75 Å². The maximum Gasteiger partial charge on any atom is 0.282 e. The zero-order chi connectivity index (χ0) is 25.1. The minimum Gasteiger partial charge on any atom is -0.489 e. The predicted octanol–water partition coefficient (Wildman–Crippen LogP) is 3.98. The van der Waals surface area contributed by atoms with E-state index in [1.165, 1.54) is 22.7 Å². The highest BCUT2D eigenvalue weighted by molar-refractivity contribution is 7.18. The van der Waals surface area contributed by atoms with Crippen LogP contribution in [0.15, 0.2) is 23.6 Å². The zero-order valence-electron chi connectivity index (χ0n) is 20.3. The van der Waals surface area contributed by atoms with Gasteiger partial charge in [0.25, 0.3) is 5.91 Å². The van der Waals surface area contributed by atoms with E-state index < -0.39 is 5.91 Å². The number of carbonyl (C=O) groups excluding carboxylic acids is 2. The van der Waals surface area contributed by atoms with Crippen molar-refractivity contribution < 1.29 is 14.3 Å². The molecule has 186 valence electrons. The first-order valence-electron chi connectivity index (χ1n) is 11.5. The number of amides is 2. The maximum absolute atomic E-state index is 13.1. The lowest BCUT2D eigenvalue weighted by atomic mass is 10.1. The number of nitrogens with one attached hydrogen (secondary N) is 1. The fourth-order valence-corrected chi connectivity index (χ4v) is 5.58. The molecular formula is C24H30N6O3S2. The van der Waals surface area contributed by atoms with Crippen LogP contribution in [0.1, 0.15) is 46.1 Å². The quantitative estimate of drug-likeness (QED) is 0.490. The number of ether oxygens (including phenoxy) is 1. The SMILES string of the molecule is Cc1nc(C(=O)N2CCCN(C)CC2)sc1-c1csc(Nc2cc(C(N)=O)ccc2OC(C)C)n1. The Balaban J connectivity index is 1.55. The van der Waals surface area contributed by atoms with Gasteiger partial charge in [-0.2, -0.15) is 0 Å². The number of hydrogen-bond donors (Lipinski definition) is 2. The summed E-state index contributed by atoms with van der Waals surface area (Å²) in [5.41, 5.74) is 7.98. The number of aromatic nitrogens is 2. The molecule has 3 aromatic rings. The van der Waals surface area contributed by atoms with Crippen LogP contribution in [0.5, 0.6) is 5.75 Å². The number of anilines is 2. The molecule has 0 unspecified atom stereocenters. The first kappa shape index (κ1) is 25.1. The number of benzene rings is 1. The van der Waals surface area contributed by atoms with Crippen molar-refractivity contribution in [2.45, 2.75) is 33.3 Å². The highest BCUT2D eigenvalue weighted by atomic mass is 32.1. The fourth-order valence-electron chi connectivity index (χ4n) is 3.80. The molecule has 9 nitrogen and oxygen atoms in total. The summed E-state index contributed by atoms with van der Waals surface area (Å²) in [6.45, 7) is 9.07. The molecule has 4 rings (SSSR count). The molecule has 0 bridgehead atoms. The van der Waals surface area contributed by atoms with Crippen molar-refractivity contribution in [3.05, 3.63) is 39.8 Å². The number of aryl methyl sites for hydroxylation is 1. The van der Waals surface area contributed by atoms with Gasteiger partial charge >= 0.3 is 0 Å². The second kappa shape index (κ2) is 10.7. The lowest BCUT2D eigenvalue weighted by molar-refractivity contribution is 0.0762. The summed E-state index contributed by atoms with van der Waals surface area (Å²) < 4.78 is 5.87. The van der Waals surface area contributed by atoms with Crippen molar-refractivity contribution in [2.24, 2.45) is 5.73 Å². The Bertz CT molecular complexity index is 1220. The summed E-state index contributed by atoms with van der Waals surface area (Å²) >= 11 is 2.80. The molecule has 1 saturated heterocycles. The molecule has 2 amide bonds. The first-order valence-corrected chi connectivity index (χ1v) is 13.2. The van der Waals surface area contributed by atoms with Crippen LogP contribution >= 0.6 is 22.7 Å². The molecule has 3 N–H and O–H groups in total. The van der Waals surface area contributed by atoms with Crippen LogP contribution in [0.3, 0.4) is 0 Å². The van der Waals surface area contributed by atoms with Crippen LogP contribution in [0.2, 0.25) is 0 Å². The summed E-state index contributed by atoms with van der Waals surface area (Å²) in [5.74, 6) is 0.0659. The van der Waals surface area contributed by atoms with Gasteiger partial charge < -0.3 is 25.6 Å². The molecule has 0 aliphatic carbocycles. The van der Waals surface area contributed by atoms with Crippen molar-refractivity contribution in [1.29, 1.82) is 0 Å². The van der Waals surface area contributed by atoms with E-state index in [4.69, 9.17) is 15.5 Å². The molecule has 1 aliphatic rings. The molecule has 11 heteroatoms. The van der Waals surface area contributed by atoms with E-state index in [1.54, 1.807) is 18.2 Å². The van der Waals surface area contributed by atoms with Crippen molar-refractivity contribution in [1.82, 2.24) is 19.8 Å². The Morgan fingerprint density at radius 3 is 2.71 bits per heavy atom. The van der Waals surface area contributed by atoms with Crippen molar-refractivity contribution in [2.75, 3.05) is 38.5 Å². The topological polar surface area (TPSA) is 114 Å². The van der Waals surface area contributed by atoms with E-state index in [0.29, 0.717) is 33.7 Å². The molecule has 0 radical (unpaired) electrons. The molecule has 35 heavy (non-hydrogen) atoms. The monoisotopic (exact) mass is 514 g/mol. The number of primary amides is 1. The van der Waals surface area contributed by atoms with E-state index >= 15 is 0 Å².